The van der Waals surface area contributed by atoms with Crippen molar-refractivity contribution in [3.8, 4) is 0 Å². The molecule has 2 unspecified atom stereocenters. The van der Waals surface area contributed by atoms with E-state index in [0.717, 1.165) is 25.7 Å². The van der Waals surface area contributed by atoms with Crippen LogP contribution in [0.1, 0.15) is 39.0 Å². The third-order valence-corrected chi connectivity index (χ3v) is 3.25. The smallest absolute Gasteiger partial charge is 0.326 e. The number of rotatable bonds is 5. The van der Waals surface area contributed by atoms with E-state index < -0.39 is 30.4 Å². The summed E-state index contributed by atoms with van der Waals surface area (Å²) in [4.78, 5) is 32.9. The third kappa shape index (κ3) is 5.58. The van der Waals surface area contributed by atoms with Crippen LogP contribution in [0.5, 0.6) is 0 Å². The molecule has 108 valence electrons. The summed E-state index contributed by atoms with van der Waals surface area (Å²) in [6.07, 6.45) is 3.27. The van der Waals surface area contributed by atoms with Gasteiger partial charge in [-0.25, -0.2) is 9.59 Å². The van der Waals surface area contributed by atoms with Gasteiger partial charge in [-0.1, -0.05) is 19.8 Å². The summed E-state index contributed by atoms with van der Waals surface area (Å²) in [7, 11) is 0. The number of hydrogen-bond donors (Lipinski definition) is 4. The predicted molar refractivity (Wildman–Crippen MR) is 66.8 cm³/mol. The van der Waals surface area contributed by atoms with E-state index in [1.807, 2.05) is 0 Å². The molecule has 0 aromatic carbocycles. The van der Waals surface area contributed by atoms with Crippen molar-refractivity contribution in [2.75, 3.05) is 0 Å². The molecule has 19 heavy (non-hydrogen) atoms. The largest absolute Gasteiger partial charge is 0.481 e. The summed E-state index contributed by atoms with van der Waals surface area (Å²) < 4.78 is 0. The van der Waals surface area contributed by atoms with Crippen LogP contribution in [0.3, 0.4) is 0 Å². The number of nitrogens with one attached hydrogen (secondary N) is 2. The van der Waals surface area contributed by atoms with E-state index in [4.69, 9.17) is 10.2 Å². The molecule has 1 fully saturated rings. The highest BCUT2D eigenvalue weighted by atomic mass is 16.4. The van der Waals surface area contributed by atoms with Crippen molar-refractivity contribution in [3.05, 3.63) is 0 Å². The molecule has 2 amide bonds. The fourth-order valence-corrected chi connectivity index (χ4v) is 2.33. The highest BCUT2D eigenvalue weighted by molar-refractivity contribution is 5.86. The van der Waals surface area contributed by atoms with Gasteiger partial charge < -0.3 is 20.8 Å². The van der Waals surface area contributed by atoms with Crippen LogP contribution in [0.2, 0.25) is 0 Å². The number of carboxylic acids is 2. The molecular formula is C12H20N2O5. The predicted octanol–water partition coefficient (Wildman–Crippen LogP) is 0.792. The molecule has 0 radical (unpaired) electrons. The molecule has 4 N–H and O–H groups in total. The van der Waals surface area contributed by atoms with Crippen LogP contribution in [-0.2, 0) is 9.59 Å². The molecule has 1 rings (SSSR count). The molecule has 0 aromatic heterocycles. The number of carbonyl (C=O) groups is 3. The normalized spacial score (nSPS) is 24.3. The molecular weight excluding hydrogens is 252 g/mol. The highest BCUT2D eigenvalue weighted by Crippen LogP contribution is 2.23. The minimum Gasteiger partial charge on any atom is -0.481 e. The van der Waals surface area contributed by atoms with E-state index in [0.29, 0.717) is 5.92 Å². The van der Waals surface area contributed by atoms with Crippen LogP contribution < -0.4 is 10.6 Å². The van der Waals surface area contributed by atoms with Gasteiger partial charge in [-0.15, -0.1) is 0 Å². The number of amides is 2. The maximum Gasteiger partial charge on any atom is 0.326 e. The van der Waals surface area contributed by atoms with E-state index in [-0.39, 0.29) is 6.04 Å². The van der Waals surface area contributed by atoms with Gasteiger partial charge >= 0.3 is 18.0 Å². The van der Waals surface area contributed by atoms with Crippen LogP contribution in [0.4, 0.5) is 4.79 Å². The first-order valence-electron chi connectivity index (χ1n) is 6.40. The zero-order valence-electron chi connectivity index (χ0n) is 10.9. The minimum atomic E-state index is -1.40. The van der Waals surface area contributed by atoms with Crippen LogP contribution in [0, 0.1) is 5.92 Å². The number of carboxylic acid groups (broad SMARTS) is 2. The molecule has 1 aliphatic carbocycles. The van der Waals surface area contributed by atoms with E-state index in [1.54, 1.807) is 0 Å². The van der Waals surface area contributed by atoms with Crippen molar-refractivity contribution in [3.63, 3.8) is 0 Å². The third-order valence-electron chi connectivity index (χ3n) is 3.25. The lowest BCUT2D eigenvalue weighted by Gasteiger charge is -2.27. The SMILES string of the molecule is CC1CCCC(NC(=O)N[C@@H](CC(=O)O)C(=O)O)C1. The topological polar surface area (TPSA) is 116 Å². The molecule has 0 aromatic rings. The summed E-state index contributed by atoms with van der Waals surface area (Å²) >= 11 is 0. The summed E-state index contributed by atoms with van der Waals surface area (Å²) in [5.41, 5.74) is 0. The minimum absolute atomic E-state index is 0.0306. The second kappa shape index (κ2) is 6.96. The Balaban J connectivity index is 2.43. The average molecular weight is 272 g/mol. The summed E-state index contributed by atoms with van der Waals surface area (Å²) in [6.45, 7) is 2.11. The lowest BCUT2D eigenvalue weighted by atomic mass is 9.87. The number of aliphatic carboxylic acids is 2. The first-order valence-corrected chi connectivity index (χ1v) is 6.40. The van der Waals surface area contributed by atoms with Crippen molar-refractivity contribution in [2.24, 2.45) is 5.92 Å². The monoisotopic (exact) mass is 272 g/mol. The number of hydrogen-bond acceptors (Lipinski definition) is 3. The lowest BCUT2D eigenvalue weighted by molar-refractivity contribution is -0.145. The maximum atomic E-state index is 11.6. The van der Waals surface area contributed by atoms with Gasteiger partial charge in [0.05, 0.1) is 6.42 Å². The van der Waals surface area contributed by atoms with Crippen molar-refractivity contribution in [2.45, 2.75) is 51.1 Å². The van der Waals surface area contributed by atoms with Crippen LogP contribution in [0.15, 0.2) is 0 Å². The summed E-state index contributed by atoms with van der Waals surface area (Å²) in [6, 6.07) is -1.99. The standard InChI is InChI=1S/C12H20N2O5/c1-7-3-2-4-8(5-7)13-12(19)14-9(11(17)18)6-10(15)16/h7-9H,2-6H2,1H3,(H,15,16)(H,17,18)(H2,13,14,19)/t7?,8?,9-/m0/s1. The van der Waals surface area contributed by atoms with Gasteiger partial charge in [-0.3, -0.25) is 4.79 Å². The molecule has 1 saturated carbocycles. The molecule has 0 saturated heterocycles. The second-order valence-corrected chi connectivity index (χ2v) is 5.08. The Hall–Kier alpha value is -1.79. The fraction of sp³-hybridized carbons (Fsp3) is 0.750. The summed E-state index contributed by atoms with van der Waals surface area (Å²) in [5, 5.41) is 22.3. The lowest BCUT2D eigenvalue weighted by Crippen LogP contribution is -2.50. The Bertz CT molecular complexity index is 358. The molecule has 0 spiro atoms. The number of carbonyl (C=O) groups excluding carboxylic acids is 1. The molecule has 3 atom stereocenters. The van der Waals surface area contributed by atoms with Crippen LogP contribution in [0.25, 0.3) is 0 Å². The first kappa shape index (κ1) is 15.3. The van der Waals surface area contributed by atoms with Gasteiger partial charge in [0.1, 0.15) is 6.04 Å². The van der Waals surface area contributed by atoms with Crippen molar-refractivity contribution >= 4 is 18.0 Å². The van der Waals surface area contributed by atoms with Crippen LogP contribution in [-0.4, -0.2) is 40.3 Å². The van der Waals surface area contributed by atoms with E-state index >= 15 is 0 Å². The second-order valence-electron chi connectivity index (χ2n) is 5.08. The molecule has 7 heteroatoms. The molecule has 0 bridgehead atoms. The van der Waals surface area contributed by atoms with Crippen molar-refractivity contribution < 1.29 is 24.6 Å². The molecule has 1 aliphatic rings. The zero-order chi connectivity index (χ0) is 14.4. The van der Waals surface area contributed by atoms with Crippen LogP contribution >= 0.6 is 0 Å². The summed E-state index contributed by atoms with van der Waals surface area (Å²) in [5.74, 6) is -2.08. The van der Waals surface area contributed by atoms with E-state index in [9.17, 15) is 14.4 Å². The highest BCUT2D eigenvalue weighted by Gasteiger charge is 2.25. The van der Waals surface area contributed by atoms with Gasteiger partial charge in [-0.05, 0) is 18.8 Å². The average Bonchev–Trinajstić information content (AvgIpc) is 2.27. The Kier molecular flexibility index (Phi) is 5.59. The molecule has 0 aliphatic heterocycles. The van der Waals surface area contributed by atoms with Gasteiger partial charge in [0.2, 0.25) is 0 Å². The van der Waals surface area contributed by atoms with Gasteiger partial charge in [0, 0.05) is 6.04 Å². The van der Waals surface area contributed by atoms with Gasteiger partial charge in [0.15, 0.2) is 0 Å². The quantitative estimate of drug-likeness (QED) is 0.590. The zero-order valence-corrected chi connectivity index (χ0v) is 10.9. The van der Waals surface area contributed by atoms with E-state index in [2.05, 4.69) is 17.6 Å². The first-order chi connectivity index (χ1) is 8.88. The fourth-order valence-electron chi connectivity index (χ4n) is 2.33. The maximum absolute atomic E-state index is 11.6. The number of urea groups is 1. The molecule has 7 nitrogen and oxygen atoms in total. The van der Waals surface area contributed by atoms with Crippen molar-refractivity contribution in [1.29, 1.82) is 0 Å². The molecule has 0 heterocycles. The Morgan fingerprint density at radius 1 is 1.26 bits per heavy atom. The Morgan fingerprint density at radius 3 is 2.47 bits per heavy atom. The van der Waals surface area contributed by atoms with Gasteiger partial charge in [-0.2, -0.15) is 0 Å². The van der Waals surface area contributed by atoms with Crippen molar-refractivity contribution in [1.82, 2.24) is 10.6 Å². The van der Waals surface area contributed by atoms with Gasteiger partial charge in [0.25, 0.3) is 0 Å². The Morgan fingerprint density at radius 2 is 1.95 bits per heavy atom. The Labute approximate surface area is 111 Å². The van der Waals surface area contributed by atoms with E-state index in [1.165, 1.54) is 0 Å².